The molecule has 31 heavy (non-hydrogen) atoms. The Labute approximate surface area is 188 Å². The number of aromatic nitrogens is 1. The van der Waals surface area contributed by atoms with E-state index in [0.29, 0.717) is 12.0 Å². The largest absolute Gasteiger partial charge is 0.382 e. The molecule has 174 valence electrons. The highest BCUT2D eigenvalue weighted by molar-refractivity contribution is 5.79. The number of pyridine rings is 1. The van der Waals surface area contributed by atoms with Crippen LogP contribution in [0.3, 0.4) is 0 Å². The number of nitrogens with zero attached hydrogens (tertiary/aromatic N) is 3. The van der Waals surface area contributed by atoms with Crippen molar-refractivity contribution in [2.24, 2.45) is 10.4 Å². The quantitative estimate of drug-likeness (QED) is 0.355. The Hall–Kier alpha value is -1.86. The van der Waals surface area contributed by atoms with Crippen LogP contribution in [0.5, 0.6) is 0 Å². The van der Waals surface area contributed by atoms with Gasteiger partial charge in [-0.15, -0.1) is 0 Å². The average molecular weight is 432 g/mol. The SMILES string of the molecule is CCOCCC1(CNC(=NC)NCc2ccc(N3CC(C)OC(C)C3)nc2)CCCC1. The van der Waals surface area contributed by atoms with Crippen LogP contribution in [0.25, 0.3) is 0 Å². The first-order chi connectivity index (χ1) is 15.0. The molecule has 2 unspecified atom stereocenters. The van der Waals surface area contributed by atoms with Gasteiger partial charge in [0.15, 0.2) is 5.96 Å². The zero-order valence-electron chi connectivity index (χ0n) is 19.8. The first-order valence-corrected chi connectivity index (χ1v) is 11.9. The van der Waals surface area contributed by atoms with Crippen molar-refractivity contribution in [3.63, 3.8) is 0 Å². The molecular formula is C24H41N5O2. The topological polar surface area (TPSA) is 71.0 Å². The minimum absolute atomic E-state index is 0.234. The minimum Gasteiger partial charge on any atom is -0.382 e. The fourth-order valence-electron chi connectivity index (χ4n) is 4.82. The monoisotopic (exact) mass is 431 g/mol. The maximum absolute atomic E-state index is 5.83. The third-order valence-electron chi connectivity index (χ3n) is 6.51. The minimum atomic E-state index is 0.234. The van der Waals surface area contributed by atoms with Crippen LogP contribution in [0, 0.1) is 5.41 Å². The number of morpholine rings is 1. The molecule has 0 aromatic carbocycles. The van der Waals surface area contributed by atoms with Crippen LogP contribution in [0.2, 0.25) is 0 Å². The molecule has 2 atom stereocenters. The fraction of sp³-hybridized carbons (Fsp3) is 0.750. The van der Waals surface area contributed by atoms with Crippen molar-refractivity contribution in [1.29, 1.82) is 0 Å². The zero-order chi connectivity index (χ0) is 22.1. The average Bonchev–Trinajstić information content (AvgIpc) is 3.23. The maximum Gasteiger partial charge on any atom is 0.191 e. The lowest BCUT2D eigenvalue weighted by Gasteiger charge is -2.36. The van der Waals surface area contributed by atoms with E-state index in [-0.39, 0.29) is 12.2 Å². The van der Waals surface area contributed by atoms with Crippen molar-refractivity contribution in [1.82, 2.24) is 15.6 Å². The number of anilines is 1. The van der Waals surface area contributed by atoms with Gasteiger partial charge in [0.2, 0.25) is 0 Å². The lowest BCUT2D eigenvalue weighted by molar-refractivity contribution is -0.00546. The van der Waals surface area contributed by atoms with Gasteiger partial charge in [0.05, 0.1) is 12.2 Å². The van der Waals surface area contributed by atoms with Crippen LogP contribution < -0.4 is 15.5 Å². The summed E-state index contributed by atoms with van der Waals surface area (Å²) >= 11 is 0. The number of hydrogen-bond donors (Lipinski definition) is 2. The second-order valence-electron chi connectivity index (χ2n) is 9.12. The second kappa shape index (κ2) is 11.7. The summed E-state index contributed by atoms with van der Waals surface area (Å²) in [5.74, 6) is 1.87. The summed E-state index contributed by atoms with van der Waals surface area (Å²) < 4.78 is 11.5. The van der Waals surface area contributed by atoms with Crippen molar-refractivity contribution in [3.8, 4) is 0 Å². The highest BCUT2D eigenvalue weighted by Crippen LogP contribution is 2.40. The van der Waals surface area contributed by atoms with Gasteiger partial charge < -0.3 is 25.0 Å². The smallest absolute Gasteiger partial charge is 0.191 e. The number of hydrogen-bond acceptors (Lipinski definition) is 5. The molecule has 7 nitrogen and oxygen atoms in total. The summed E-state index contributed by atoms with van der Waals surface area (Å²) in [6.07, 6.45) is 8.73. The molecular weight excluding hydrogens is 390 g/mol. The normalized spacial score (nSPS) is 23.7. The van der Waals surface area contributed by atoms with Crippen LogP contribution in [0.1, 0.15) is 58.4 Å². The molecule has 0 radical (unpaired) electrons. The Bertz CT molecular complexity index is 678. The molecule has 1 aromatic rings. The van der Waals surface area contributed by atoms with Crippen LogP contribution in [0.4, 0.5) is 5.82 Å². The van der Waals surface area contributed by atoms with E-state index in [4.69, 9.17) is 14.5 Å². The number of guanidine groups is 1. The van der Waals surface area contributed by atoms with E-state index in [1.165, 1.54) is 25.7 Å². The fourth-order valence-corrected chi connectivity index (χ4v) is 4.82. The Kier molecular flexibility index (Phi) is 8.96. The summed E-state index contributed by atoms with van der Waals surface area (Å²) in [6.45, 7) is 11.4. The summed E-state index contributed by atoms with van der Waals surface area (Å²) in [5.41, 5.74) is 1.48. The highest BCUT2D eigenvalue weighted by Gasteiger charge is 2.33. The Morgan fingerprint density at radius 3 is 2.58 bits per heavy atom. The molecule has 1 aliphatic carbocycles. The number of nitrogens with one attached hydrogen (secondary N) is 2. The lowest BCUT2D eigenvalue weighted by Crippen LogP contribution is -2.45. The van der Waals surface area contributed by atoms with Crippen molar-refractivity contribution in [2.45, 2.75) is 71.6 Å². The Morgan fingerprint density at radius 1 is 1.23 bits per heavy atom. The van der Waals surface area contributed by atoms with Crippen LogP contribution in [-0.2, 0) is 16.0 Å². The molecule has 2 N–H and O–H groups in total. The molecule has 0 amide bonds. The number of aliphatic imine (C=N–C) groups is 1. The van der Waals surface area contributed by atoms with Gasteiger partial charge >= 0.3 is 0 Å². The molecule has 1 saturated heterocycles. The van der Waals surface area contributed by atoms with Gasteiger partial charge in [0, 0.05) is 52.6 Å². The standard InChI is InChI=1S/C24H41N5O2/c1-5-30-13-12-24(10-6-7-11-24)18-28-23(25-4)27-15-21-8-9-22(26-14-21)29-16-19(2)31-20(3)17-29/h8-9,14,19-20H,5-7,10-13,15-18H2,1-4H3,(H2,25,27,28). The highest BCUT2D eigenvalue weighted by atomic mass is 16.5. The van der Waals surface area contributed by atoms with Gasteiger partial charge in [-0.05, 0) is 57.1 Å². The second-order valence-corrected chi connectivity index (χ2v) is 9.12. The molecule has 2 fully saturated rings. The van der Waals surface area contributed by atoms with Gasteiger partial charge in [-0.2, -0.15) is 0 Å². The van der Waals surface area contributed by atoms with Crippen molar-refractivity contribution in [2.75, 3.05) is 44.8 Å². The molecule has 0 bridgehead atoms. The summed E-state index contributed by atoms with van der Waals surface area (Å²) in [7, 11) is 1.83. The maximum atomic E-state index is 5.83. The Balaban J connectivity index is 1.48. The zero-order valence-corrected chi connectivity index (χ0v) is 19.8. The molecule has 1 saturated carbocycles. The molecule has 1 aliphatic heterocycles. The number of rotatable bonds is 9. The van der Waals surface area contributed by atoms with E-state index in [1.54, 1.807) is 0 Å². The molecule has 2 aliphatic rings. The van der Waals surface area contributed by atoms with E-state index in [9.17, 15) is 0 Å². The lowest BCUT2D eigenvalue weighted by atomic mass is 9.83. The van der Waals surface area contributed by atoms with Gasteiger partial charge in [0.25, 0.3) is 0 Å². The van der Waals surface area contributed by atoms with Gasteiger partial charge in [-0.25, -0.2) is 4.98 Å². The van der Waals surface area contributed by atoms with E-state index < -0.39 is 0 Å². The van der Waals surface area contributed by atoms with Crippen LogP contribution in [-0.4, -0.2) is 63.0 Å². The molecule has 0 spiro atoms. The Morgan fingerprint density at radius 2 is 1.97 bits per heavy atom. The first-order valence-electron chi connectivity index (χ1n) is 11.9. The van der Waals surface area contributed by atoms with Crippen molar-refractivity contribution in [3.05, 3.63) is 23.9 Å². The molecule has 7 heteroatoms. The molecule has 3 rings (SSSR count). The molecule has 1 aromatic heterocycles. The van der Waals surface area contributed by atoms with Crippen molar-refractivity contribution >= 4 is 11.8 Å². The van der Waals surface area contributed by atoms with Gasteiger partial charge in [-0.3, -0.25) is 4.99 Å². The third kappa shape index (κ3) is 7.07. The number of ether oxygens (including phenoxy) is 2. The predicted molar refractivity (Wildman–Crippen MR) is 127 cm³/mol. The van der Waals surface area contributed by atoms with Crippen molar-refractivity contribution < 1.29 is 9.47 Å². The third-order valence-corrected chi connectivity index (χ3v) is 6.51. The summed E-state index contributed by atoms with van der Waals surface area (Å²) in [6, 6.07) is 4.26. The predicted octanol–water partition coefficient (Wildman–Crippen LogP) is 3.35. The van der Waals surface area contributed by atoms with Crippen LogP contribution >= 0.6 is 0 Å². The van der Waals surface area contributed by atoms with E-state index >= 15 is 0 Å². The summed E-state index contributed by atoms with van der Waals surface area (Å²) in [4.78, 5) is 11.4. The first kappa shape index (κ1) is 23.8. The van der Waals surface area contributed by atoms with E-state index in [1.807, 2.05) is 13.2 Å². The van der Waals surface area contributed by atoms with E-state index in [2.05, 4.69) is 53.4 Å². The van der Waals surface area contributed by atoms with Gasteiger partial charge in [-0.1, -0.05) is 18.9 Å². The summed E-state index contributed by atoms with van der Waals surface area (Å²) in [5, 5.41) is 7.00. The molecule has 2 heterocycles. The van der Waals surface area contributed by atoms with Gasteiger partial charge in [0.1, 0.15) is 5.82 Å². The van der Waals surface area contributed by atoms with Crippen LogP contribution in [0.15, 0.2) is 23.3 Å². The van der Waals surface area contributed by atoms with E-state index in [0.717, 1.165) is 56.6 Å².